The van der Waals surface area contributed by atoms with Crippen LogP contribution in [0.1, 0.15) is 11.1 Å². The van der Waals surface area contributed by atoms with Crippen molar-refractivity contribution in [2.45, 2.75) is 22.7 Å². The van der Waals surface area contributed by atoms with E-state index in [0.717, 1.165) is 5.56 Å². The highest BCUT2D eigenvalue weighted by molar-refractivity contribution is 7.98. The number of aryl methyl sites for hydroxylation is 1. The molecular weight excluding hydrogens is 488 g/mol. The van der Waals surface area contributed by atoms with Gasteiger partial charge in [0.05, 0.1) is 10.9 Å². The third-order valence-electron chi connectivity index (χ3n) is 5.24. The van der Waals surface area contributed by atoms with E-state index in [4.69, 9.17) is 8.60 Å². The zero-order valence-corrected chi connectivity index (χ0v) is 20.0. The number of aromatic nitrogens is 2. The number of nitrogens with one attached hydrogen (secondary N) is 1. The van der Waals surface area contributed by atoms with Crippen LogP contribution in [0.2, 0.25) is 0 Å². The van der Waals surface area contributed by atoms with E-state index in [1.165, 1.54) is 42.1 Å². The highest BCUT2D eigenvalue weighted by Crippen LogP contribution is 2.28. The Kier molecular flexibility index (Phi) is 5.91. The minimum atomic E-state index is -4.04. The summed E-state index contributed by atoms with van der Waals surface area (Å²) in [6.07, 6.45) is 0. The van der Waals surface area contributed by atoms with Gasteiger partial charge in [0.1, 0.15) is 16.2 Å². The van der Waals surface area contributed by atoms with Gasteiger partial charge in [0.25, 0.3) is 5.56 Å². The molecule has 0 spiro atoms. The van der Waals surface area contributed by atoms with Crippen molar-refractivity contribution in [1.29, 1.82) is 0 Å². The fraction of sp³-hybridized carbons (Fsp3) is 0.0800. The smallest absolute Gasteiger partial charge is 0.339 e. The quantitative estimate of drug-likeness (QED) is 0.156. The van der Waals surface area contributed by atoms with E-state index >= 15 is 0 Å². The van der Waals surface area contributed by atoms with Gasteiger partial charge in [-0.1, -0.05) is 41.6 Å². The second kappa shape index (κ2) is 9.05. The van der Waals surface area contributed by atoms with Crippen molar-refractivity contribution in [3.05, 3.63) is 105 Å². The standard InChI is InChI=1S/C25H18N2O6S2/c1-15-7-10-21-20(11-15)24(29)27-25(26-21)34-14-16-12-23(28)32-22-13-17(8-9-19(16)22)33-35(30,31)18-5-3-2-4-6-18/h2-13H,14H2,1H3,(H,26,27,29). The average Bonchev–Trinajstić information content (AvgIpc) is 2.83. The summed E-state index contributed by atoms with van der Waals surface area (Å²) in [4.78, 5) is 31.9. The van der Waals surface area contributed by atoms with Gasteiger partial charge in [0.2, 0.25) is 0 Å². The van der Waals surface area contributed by atoms with E-state index in [-0.39, 0.29) is 21.8 Å². The number of thioether (sulfide) groups is 1. The fourth-order valence-electron chi connectivity index (χ4n) is 3.59. The number of aromatic amines is 1. The molecule has 5 rings (SSSR count). The molecule has 3 aromatic carbocycles. The third kappa shape index (κ3) is 4.84. The lowest BCUT2D eigenvalue weighted by Gasteiger charge is -2.09. The summed E-state index contributed by atoms with van der Waals surface area (Å²) in [7, 11) is -4.04. The summed E-state index contributed by atoms with van der Waals surface area (Å²) in [6, 6.07) is 19.1. The second-order valence-electron chi connectivity index (χ2n) is 7.78. The van der Waals surface area contributed by atoms with Crippen molar-refractivity contribution in [2.24, 2.45) is 0 Å². The van der Waals surface area contributed by atoms with E-state index in [0.29, 0.717) is 32.8 Å². The molecule has 0 fully saturated rings. The molecule has 0 atom stereocenters. The van der Waals surface area contributed by atoms with Crippen molar-refractivity contribution in [2.75, 3.05) is 0 Å². The number of H-pyrrole nitrogens is 1. The largest absolute Gasteiger partial charge is 0.423 e. The van der Waals surface area contributed by atoms with Gasteiger partial charge >= 0.3 is 15.7 Å². The van der Waals surface area contributed by atoms with Crippen molar-refractivity contribution in [1.82, 2.24) is 9.97 Å². The Hall–Kier alpha value is -3.89. The number of hydrogen-bond donors (Lipinski definition) is 1. The van der Waals surface area contributed by atoms with Gasteiger partial charge in [0.15, 0.2) is 5.16 Å². The van der Waals surface area contributed by atoms with Crippen molar-refractivity contribution in [3.63, 3.8) is 0 Å². The molecule has 0 aliphatic heterocycles. The Morgan fingerprint density at radius 2 is 1.77 bits per heavy atom. The van der Waals surface area contributed by atoms with Crippen LogP contribution in [0.3, 0.4) is 0 Å². The first kappa shape index (κ1) is 22.9. The molecule has 0 amide bonds. The number of hydrogen-bond acceptors (Lipinski definition) is 8. The lowest BCUT2D eigenvalue weighted by atomic mass is 10.1. The number of rotatable bonds is 6. The van der Waals surface area contributed by atoms with Crippen LogP contribution in [0, 0.1) is 6.92 Å². The Labute approximate surface area is 203 Å². The van der Waals surface area contributed by atoms with Gasteiger partial charge in [-0.3, -0.25) is 4.79 Å². The van der Waals surface area contributed by atoms with Crippen LogP contribution >= 0.6 is 11.8 Å². The SMILES string of the molecule is Cc1ccc2nc(SCc3cc(=O)oc4cc(OS(=O)(=O)c5ccccc5)ccc34)[nH]c(=O)c2c1. The number of nitrogens with zero attached hydrogens (tertiary/aromatic N) is 1. The molecule has 5 aromatic rings. The topological polar surface area (TPSA) is 119 Å². The van der Waals surface area contributed by atoms with Crippen molar-refractivity contribution in [3.8, 4) is 5.75 Å². The molecule has 0 saturated heterocycles. The number of fused-ring (bicyclic) bond motifs is 2. The first-order chi connectivity index (χ1) is 16.8. The van der Waals surface area contributed by atoms with Crippen LogP contribution in [0.4, 0.5) is 0 Å². The molecular formula is C25H18N2O6S2. The van der Waals surface area contributed by atoms with E-state index in [2.05, 4.69) is 9.97 Å². The van der Waals surface area contributed by atoms with Gasteiger partial charge in [-0.05, 0) is 48.9 Å². The van der Waals surface area contributed by atoms with Gasteiger partial charge < -0.3 is 13.6 Å². The van der Waals surface area contributed by atoms with Crippen LogP contribution in [-0.4, -0.2) is 18.4 Å². The average molecular weight is 507 g/mol. The Morgan fingerprint density at radius 3 is 2.57 bits per heavy atom. The van der Waals surface area contributed by atoms with Crippen LogP contribution in [0.25, 0.3) is 21.9 Å². The second-order valence-corrected chi connectivity index (χ2v) is 10.3. The van der Waals surface area contributed by atoms with Gasteiger partial charge in [0, 0.05) is 23.3 Å². The van der Waals surface area contributed by atoms with E-state index in [1.54, 1.807) is 36.4 Å². The highest BCUT2D eigenvalue weighted by atomic mass is 32.2. The fourth-order valence-corrected chi connectivity index (χ4v) is 5.39. The summed E-state index contributed by atoms with van der Waals surface area (Å²) in [6.45, 7) is 1.90. The normalized spacial score (nSPS) is 11.7. The van der Waals surface area contributed by atoms with E-state index in [9.17, 15) is 18.0 Å². The maximum Gasteiger partial charge on any atom is 0.339 e. The molecule has 0 saturated carbocycles. The van der Waals surface area contributed by atoms with Gasteiger partial charge in [-0.15, -0.1) is 0 Å². The molecule has 1 N–H and O–H groups in total. The first-order valence-corrected chi connectivity index (χ1v) is 12.9. The van der Waals surface area contributed by atoms with Gasteiger partial charge in [-0.2, -0.15) is 8.42 Å². The number of benzene rings is 3. The maximum atomic E-state index is 12.5. The van der Waals surface area contributed by atoms with Gasteiger partial charge in [-0.25, -0.2) is 9.78 Å². The van der Waals surface area contributed by atoms with Crippen LogP contribution < -0.4 is 15.4 Å². The minimum absolute atomic E-state index is 0.0127. The molecule has 0 bridgehead atoms. The Bertz CT molecular complexity index is 1790. The maximum absolute atomic E-state index is 12.5. The molecule has 0 aliphatic carbocycles. The predicted octanol–water partition coefficient (Wildman–Crippen LogP) is 4.40. The van der Waals surface area contributed by atoms with Crippen molar-refractivity contribution < 1.29 is 17.0 Å². The molecule has 0 radical (unpaired) electrons. The first-order valence-electron chi connectivity index (χ1n) is 10.5. The Morgan fingerprint density at radius 1 is 0.971 bits per heavy atom. The lowest BCUT2D eigenvalue weighted by Crippen LogP contribution is -2.10. The van der Waals surface area contributed by atoms with Crippen LogP contribution in [0.15, 0.2) is 96.9 Å². The minimum Gasteiger partial charge on any atom is -0.423 e. The highest BCUT2D eigenvalue weighted by Gasteiger charge is 2.17. The molecule has 10 heteroatoms. The monoisotopic (exact) mass is 506 g/mol. The van der Waals surface area contributed by atoms with E-state index < -0.39 is 15.7 Å². The molecule has 8 nitrogen and oxygen atoms in total. The molecule has 0 aliphatic rings. The molecule has 2 heterocycles. The summed E-state index contributed by atoms with van der Waals surface area (Å²) in [5, 5.41) is 1.54. The lowest BCUT2D eigenvalue weighted by molar-refractivity contribution is 0.485. The molecule has 176 valence electrons. The molecule has 2 aromatic heterocycles. The zero-order chi connectivity index (χ0) is 24.6. The predicted molar refractivity (Wildman–Crippen MR) is 133 cm³/mol. The molecule has 0 unspecified atom stereocenters. The Balaban J connectivity index is 1.43. The third-order valence-corrected chi connectivity index (χ3v) is 7.43. The van der Waals surface area contributed by atoms with Crippen LogP contribution in [0.5, 0.6) is 5.75 Å². The summed E-state index contributed by atoms with van der Waals surface area (Å²) in [5.74, 6) is 0.343. The summed E-state index contributed by atoms with van der Waals surface area (Å²) < 4.78 is 35.5. The zero-order valence-electron chi connectivity index (χ0n) is 18.3. The molecule has 35 heavy (non-hydrogen) atoms. The summed E-state index contributed by atoms with van der Waals surface area (Å²) >= 11 is 1.27. The van der Waals surface area contributed by atoms with E-state index in [1.807, 2.05) is 13.0 Å². The van der Waals surface area contributed by atoms with Crippen molar-refractivity contribution >= 4 is 43.8 Å². The van der Waals surface area contributed by atoms with Crippen LogP contribution in [-0.2, 0) is 15.9 Å². The summed E-state index contributed by atoms with van der Waals surface area (Å²) in [5.41, 5.74) is 1.55.